The number of rotatable bonds is 3. The van der Waals surface area contributed by atoms with Crippen LogP contribution in [0.3, 0.4) is 0 Å². The third kappa shape index (κ3) is 3.59. The van der Waals surface area contributed by atoms with Gasteiger partial charge in [-0.3, -0.25) is 9.59 Å². The molecule has 2 amide bonds. The van der Waals surface area contributed by atoms with Gasteiger partial charge in [0.05, 0.1) is 15.5 Å². The van der Waals surface area contributed by atoms with Crippen LogP contribution in [0.2, 0.25) is 0 Å². The molecule has 30 heavy (non-hydrogen) atoms. The Morgan fingerprint density at radius 3 is 2.50 bits per heavy atom. The van der Waals surface area contributed by atoms with Crippen molar-refractivity contribution in [3.05, 3.63) is 39.6 Å². The standard InChI is InChI=1S/C20H23N3O5S2/c1-12-4-9-29-18(12)20(25)22-5-7-23(8-6-22)30(26,27)17-11-16-15(10-13(17)2)21-19(24)14(3)28-16/h4,9-11,14H,5-8H2,1-3H3,(H,21,24). The van der Waals surface area contributed by atoms with Crippen LogP contribution < -0.4 is 10.1 Å². The number of sulfonamides is 1. The lowest BCUT2D eigenvalue weighted by atomic mass is 10.1. The first-order valence-corrected chi connectivity index (χ1v) is 12.0. The van der Waals surface area contributed by atoms with Gasteiger partial charge >= 0.3 is 0 Å². The van der Waals surface area contributed by atoms with Crippen LogP contribution in [0.25, 0.3) is 0 Å². The van der Waals surface area contributed by atoms with E-state index >= 15 is 0 Å². The summed E-state index contributed by atoms with van der Waals surface area (Å²) in [7, 11) is -3.76. The first-order valence-electron chi connectivity index (χ1n) is 9.64. The maximum absolute atomic E-state index is 13.3. The van der Waals surface area contributed by atoms with Crippen molar-refractivity contribution in [2.45, 2.75) is 31.8 Å². The summed E-state index contributed by atoms with van der Waals surface area (Å²) in [5, 5.41) is 4.61. The second-order valence-corrected chi connectivity index (χ2v) is 10.3. The van der Waals surface area contributed by atoms with Gasteiger partial charge in [0.25, 0.3) is 11.8 Å². The Kier molecular flexibility index (Phi) is 5.33. The number of amides is 2. The first-order chi connectivity index (χ1) is 14.2. The number of nitrogens with zero attached hydrogens (tertiary/aromatic N) is 2. The quantitative estimate of drug-likeness (QED) is 0.775. The third-order valence-electron chi connectivity index (χ3n) is 5.41. The highest BCUT2D eigenvalue weighted by Crippen LogP contribution is 2.35. The number of hydrogen-bond acceptors (Lipinski definition) is 6. The lowest BCUT2D eigenvalue weighted by Gasteiger charge is -2.34. The molecule has 0 bridgehead atoms. The summed E-state index contributed by atoms with van der Waals surface area (Å²) < 4.78 is 33.5. The number of piperazine rings is 1. The predicted octanol–water partition coefficient (Wildman–Crippen LogP) is 2.23. The van der Waals surface area contributed by atoms with Crippen LogP contribution in [0.4, 0.5) is 5.69 Å². The fourth-order valence-electron chi connectivity index (χ4n) is 3.63. The van der Waals surface area contributed by atoms with Crippen molar-refractivity contribution in [2.75, 3.05) is 31.5 Å². The minimum absolute atomic E-state index is 0.0531. The molecule has 1 aromatic carbocycles. The number of hydrogen-bond donors (Lipinski definition) is 1. The number of carbonyl (C=O) groups excluding carboxylic acids is 2. The summed E-state index contributed by atoms with van der Waals surface area (Å²) in [6, 6.07) is 5.00. The van der Waals surface area contributed by atoms with Gasteiger partial charge in [-0.25, -0.2) is 8.42 Å². The van der Waals surface area contributed by atoms with Crippen molar-refractivity contribution >= 4 is 38.9 Å². The van der Waals surface area contributed by atoms with Crippen LogP contribution in [0.1, 0.15) is 27.7 Å². The summed E-state index contributed by atoms with van der Waals surface area (Å²) >= 11 is 1.40. The fraction of sp³-hybridized carbons (Fsp3) is 0.400. The molecular weight excluding hydrogens is 426 g/mol. The molecule has 3 heterocycles. The zero-order valence-electron chi connectivity index (χ0n) is 17.0. The lowest BCUT2D eigenvalue weighted by molar-refractivity contribution is -0.122. The maximum atomic E-state index is 13.3. The van der Waals surface area contributed by atoms with Crippen LogP contribution in [0.15, 0.2) is 28.5 Å². The number of fused-ring (bicyclic) bond motifs is 1. The van der Waals surface area contributed by atoms with E-state index in [0.29, 0.717) is 35.0 Å². The van der Waals surface area contributed by atoms with Crippen molar-refractivity contribution < 1.29 is 22.7 Å². The van der Waals surface area contributed by atoms with E-state index in [1.54, 1.807) is 24.8 Å². The average Bonchev–Trinajstić information content (AvgIpc) is 3.14. The van der Waals surface area contributed by atoms with Gasteiger partial charge < -0.3 is 15.0 Å². The number of nitrogens with one attached hydrogen (secondary N) is 1. The molecule has 8 nitrogen and oxygen atoms in total. The molecule has 160 valence electrons. The van der Waals surface area contributed by atoms with E-state index < -0.39 is 16.1 Å². The highest BCUT2D eigenvalue weighted by molar-refractivity contribution is 7.89. The Bertz CT molecular complexity index is 1120. The monoisotopic (exact) mass is 449 g/mol. The van der Waals surface area contributed by atoms with Crippen LogP contribution in [0, 0.1) is 13.8 Å². The van der Waals surface area contributed by atoms with E-state index in [1.165, 1.54) is 21.7 Å². The summed E-state index contributed by atoms with van der Waals surface area (Å²) in [6.45, 7) is 6.32. The van der Waals surface area contributed by atoms with E-state index in [-0.39, 0.29) is 29.8 Å². The van der Waals surface area contributed by atoms with Gasteiger partial charge in [-0.05, 0) is 49.4 Å². The van der Waals surface area contributed by atoms with Crippen LogP contribution in [0.5, 0.6) is 5.75 Å². The minimum atomic E-state index is -3.76. The van der Waals surface area contributed by atoms with Crippen LogP contribution >= 0.6 is 11.3 Å². The molecule has 0 saturated carbocycles. The molecular formula is C20H23N3O5S2. The maximum Gasteiger partial charge on any atom is 0.265 e. The number of aryl methyl sites for hydroxylation is 2. The van der Waals surface area contributed by atoms with Crippen LogP contribution in [-0.2, 0) is 14.8 Å². The topological polar surface area (TPSA) is 96.0 Å². The van der Waals surface area contributed by atoms with Gasteiger partial charge in [0, 0.05) is 32.2 Å². The van der Waals surface area contributed by atoms with Crippen molar-refractivity contribution in [1.29, 1.82) is 0 Å². The lowest BCUT2D eigenvalue weighted by Crippen LogP contribution is -2.50. The average molecular weight is 450 g/mol. The van der Waals surface area contributed by atoms with E-state index in [2.05, 4.69) is 5.32 Å². The zero-order chi connectivity index (χ0) is 21.6. The number of benzene rings is 1. The zero-order valence-corrected chi connectivity index (χ0v) is 18.6. The van der Waals surface area contributed by atoms with Crippen molar-refractivity contribution in [2.24, 2.45) is 0 Å². The fourth-order valence-corrected chi connectivity index (χ4v) is 6.16. The molecule has 2 aliphatic rings. The van der Waals surface area contributed by atoms with Crippen molar-refractivity contribution in [3.63, 3.8) is 0 Å². The normalized spacial score (nSPS) is 19.8. The summed E-state index contributed by atoms with van der Waals surface area (Å²) in [4.78, 5) is 27.0. The molecule has 1 fully saturated rings. The van der Waals surface area contributed by atoms with Crippen LogP contribution in [-0.4, -0.2) is 61.7 Å². The summed E-state index contributed by atoms with van der Waals surface area (Å²) in [5.41, 5.74) is 1.93. The molecule has 0 radical (unpaired) electrons. The second-order valence-electron chi connectivity index (χ2n) is 7.49. The Morgan fingerprint density at radius 1 is 1.17 bits per heavy atom. The SMILES string of the molecule is Cc1cc2c(cc1S(=O)(=O)N1CCN(C(=O)c3sccc3C)CC1)OC(C)C(=O)N2. The van der Waals surface area contributed by atoms with Crippen molar-refractivity contribution in [3.8, 4) is 5.75 Å². The largest absolute Gasteiger partial charge is 0.479 e. The molecule has 1 unspecified atom stereocenters. The molecule has 0 aliphatic carbocycles. The predicted molar refractivity (Wildman–Crippen MR) is 114 cm³/mol. The second kappa shape index (κ2) is 7.68. The van der Waals surface area contributed by atoms with Gasteiger partial charge in [0.15, 0.2) is 6.10 Å². The Labute approximate surface area is 179 Å². The smallest absolute Gasteiger partial charge is 0.265 e. The summed E-state index contributed by atoms with van der Waals surface area (Å²) in [6.07, 6.45) is -0.689. The molecule has 0 spiro atoms. The van der Waals surface area contributed by atoms with Crippen molar-refractivity contribution in [1.82, 2.24) is 9.21 Å². The number of thiophene rings is 1. The minimum Gasteiger partial charge on any atom is -0.479 e. The van der Waals surface area contributed by atoms with E-state index in [9.17, 15) is 18.0 Å². The van der Waals surface area contributed by atoms with Gasteiger partial charge in [-0.15, -0.1) is 11.3 Å². The molecule has 1 saturated heterocycles. The molecule has 4 rings (SSSR count). The van der Waals surface area contributed by atoms with E-state index in [4.69, 9.17) is 4.74 Å². The molecule has 2 aliphatic heterocycles. The van der Waals surface area contributed by atoms with Gasteiger partial charge in [0.1, 0.15) is 5.75 Å². The Morgan fingerprint density at radius 2 is 1.87 bits per heavy atom. The first kappa shape index (κ1) is 20.8. The molecule has 1 N–H and O–H groups in total. The van der Waals surface area contributed by atoms with Gasteiger partial charge in [-0.2, -0.15) is 4.31 Å². The molecule has 2 aromatic rings. The van der Waals surface area contributed by atoms with E-state index in [0.717, 1.165) is 5.56 Å². The molecule has 10 heteroatoms. The molecule has 1 aromatic heterocycles. The Balaban J connectivity index is 1.53. The number of anilines is 1. The third-order valence-corrected chi connectivity index (χ3v) is 8.45. The Hall–Kier alpha value is -2.43. The van der Waals surface area contributed by atoms with E-state index in [1.807, 2.05) is 18.4 Å². The highest BCUT2D eigenvalue weighted by atomic mass is 32.2. The summed E-state index contributed by atoms with van der Waals surface area (Å²) in [5.74, 6) is 0.0233. The number of carbonyl (C=O) groups is 2. The highest BCUT2D eigenvalue weighted by Gasteiger charge is 2.34. The van der Waals surface area contributed by atoms with Gasteiger partial charge in [0.2, 0.25) is 10.0 Å². The molecule has 1 atom stereocenters. The number of ether oxygens (including phenoxy) is 1. The van der Waals surface area contributed by atoms with Gasteiger partial charge in [-0.1, -0.05) is 0 Å².